The first-order valence-corrected chi connectivity index (χ1v) is 27.7. The van der Waals surface area contributed by atoms with Crippen LogP contribution in [0.1, 0.15) is 83.8 Å². The molecule has 17 N–H and O–H groups in total. The fraction of sp³-hybridized carbons (Fsp3) is 0.528. The molecule has 3 aromatic rings. The summed E-state index contributed by atoms with van der Waals surface area (Å²) < 4.78 is 0. The van der Waals surface area contributed by atoms with Gasteiger partial charge in [0, 0.05) is 36.4 Å². The molecule has 3 rings (SSSR count). The van der Waals surface area contributed by atoms with Gasteiger partial charge in [-0.15, -0.1) is 0 Å². The fourth-order valence-corrected chi connectivity index (χ4v) is 8.63. The van der Waals surface area contributed by atoms with Gasteiger partial charge in [-0.25, -0.2) is 0 Å². The Hall–Kier alpha value is -7.62. The Labute approximate surface area is 468 Å². The number of hydrogen-bond donors (Lipinski definition) is 15. The summed E-state index contributed by atoms with van der Waals surface area (Å²) in [6.07, 6.45) is 1.84. The highest BCUT2D eigenvalue weighted by Crippen LogP contribution is 2.20. The average Bonchev–Trinajstić information content (AvgIpc) is 3.87. The van der Waals surface area contributed by atoms with Crippen LogP contribution < -0.4 is 59.3 Å². The van der Waals surface area contributed by atoms with Gasteiger partial charge >= 0.3 is 11.9 Å². The van der Waals surface area contributed by atoms with Gasteiger partial charge in [-0.1, -0.05) is 62.4 Å². The van der Waals surface area contributed by atoms with Crippen LogP contribution in [0.25, 0.3) is 10.9 Å². The molecule has 27 heteroatoms. The van der Waals surface area contributed by atoms with E-state index >= 15 is 0 Å². The highest BCUT2D eigenvalue weighted by molar-refractivity contribution is 7.98. The van der Waals surface area contributed by atoms with E-state index in [1.54, 1.807) is 50.4 Å². The van der Waals surface area contributed by atoms with Gasteiger partial charge in [-0.3, -0.25) is 52.7 Å². The van der Waals surface area contributed by atoms with E-state index in [1.807, 2.05) is 30.5 Å². The molecule has 0 unspecified atom stereocenters. The van der Waals surface area contributed by atoms with Crippen LogP contribution in [0.4, 0.5) is 0 Å². The van der Waals surface area contributed by atoms with Crippen molar-refractivity contribution >= 4 is 87.8 Å². The highest BCUT2D eigenvalue weighted by Gasteiger charge is 2.35. The number of thioether (sulfide) groups is 1. The number of carbonyl (C=O) groups is 11. The zero-order valence-electron chi connectivity index (χ0n) is 45.6. The second kappa shape index (κ2) is 34.4. The number of carboxylic acids is 2. The predicted molar refractivity (Wildman–Crippen MR) is 297 cm³/mol. The maximum absolute atomic E-state index is 14.4. The molecule has 0 aliphatic heterocycles. The molecule has 440 valence electrons. The van der Waals surface area contributed by atoms with Crippen LogP contribution in [0.3, 0.4) is 0 Å². The number of H-pyrrole nitrogens is 1. The molecule has 0 saturated heterocycles. The quantitative estimate of drug-likeness (QED) is 0.0285. The minimum absolute atomic E-state index is 0.00139. The molecular formula is C53H78N12O14S. The number of rotatable bonds is 36. The first-order chi connectivity index (χ1) is 37.9. The second-order valence-electron chi connectivity index (χ2n) is 19.6. The Morgan fingerprint density at radius 1 is 0.588 bits per heavy atom. The summed E-state index contributed by atoms with van der Waals surface area (Å²) in [5.41, 5.74) is 13.9. The number of benzene rings is 2. The number of aliphatic hydroxyl groups is 1. The third-order valence-electron chi connectivity index (χ3n) is 12.5. The molecule has 1 heterocycles. The predicted octanol–water partition coefficient (Wildman–Crippen LogP) is -1.82. The van der Waals surface area contributed by atoms with E-state index in [4.69, 9.17) is 16.6 Å². The van der Waals surface area contributed by atoms with Crippen molar-refractivity contribution in [3.8, 4) is 0 Å². The summed E-state index contributed by atoms with van der Waals surface area (Å²) >= 11 is 1.50. The molecule has 80 heavy (non-hydrogen) atoms. The number of aliphatic carboxylic acids is 2. The number of aromatic nitrogens is 1. The first kappa shape index (κ1) is 66.7. The van der Waals surface area contributed by atoms with Crippen molar-refractivity contribution in [2.45, 2.75) is 140 Å². The number of nitrogens with one attached hydrogen (secondary N) is 10. The normalized spacial score (nSPS) is 14.5. The Morgan fingerprint density at radius 2 is 1.15 bits per heavy atom. The molecule has 0 spiro atoms. The lowest BCUT2D eigenvalue weighted by molar-refractivity contribution is -0.139. The van der Waals surface area contributed by atoms with E-state index in [2.05, 4.69) is 52.8 Å². The second-order valence-corrected chi connectivity index (χ2v) is 20.6. The topological polar surface area (TPSA) is 425 Å². The largest absolute Gasteiger partial charge is 0.481 e. The fourth-order valence-electron chi connectivity index (χ4n) is 8.14. The molecule has 9 atom stereocenters. The molecule has 0 aliphatic rings. The van der Waals surface area contributed by atoms with Crippen LogP contribution in [-0.4, -0.2) is 171 Å². The van der Waals surface area contributed by atoms with E-state index in [0.29, 0.717) is 36.1 Å². The molecular weight excluding hydrogens is 1060 g/mol. The third kappa shape index (κ3) is 23.4. The number of para-hydroxylation sites is 1. The summed E-state index contributed by atoms with van der Waals surface area (Å²) in [4.78, 5) is 148. The van der Waals surface area contributed by atoms with Gasteiger partial charge in [-0.2, -0.15) is 11.8 Å². The Balaban J connectivity index is 1.83. The molecule has 0 bridgehead atoms. The van der Waals surface area contributed by atoms with Crippen molar-refractivity contribution in [3.63, 3.8) is 0 Å². The average molecular weight is 1140 g/mol. The lowest BCUT2D eigenvalue weighted by Crippen LogP contribution is -2.61. The maximum Gasteiger partial charge on any atom is 0.322 e. The molecule has 0 radical (unpaired) electrons. The van der Waals surface area contributed by atoms with Crippen molar-refractivity contribution in [1.29, 1.82) is 0 Å². The number of aliphatic hydroxyl groups excluding tert-OH is 1. The van der Waals surface area contributed by atoms with Crippen molar-refractivity contribution in [2.75, 3.05) is 31.6 Å². The lowest BCUT2D eigenvalue weighted by Gasteiger charge is -2.28. The number of carboxylic acid groups (broad SMARTS) is 2. The zero-order valence-corrected chi connectivity index (χ0v) is 46.5. The highest BCUT2D eigenvalue weighted by atomic mass is 32.2. The maximum atomic E-state index is 14.4. The van der Waals surface area contributed by atoms with Crippen LogP contribution in [0.2, 0.25) is 0 Å². The van der Waals surface area contributed by atoms with E-state index in [1.165, 1.54) is 25.6 Å². The van der Waals surface area contributed by atoms with Crippen molar-refractivity contribution in [3.05, 3.63) is 71.9 Å². The van der Waals surface area contributed by atoms with Gasteiger partial charge in [0.05, 0.1) is 18.7 Å². The number of fused-ring (bicyclic) bond motifs is 1. The SMILES string of the molecule is CSCC[C@H](N)C(=O)N[C@@H](Cc1c[nH]c2ccccc12)C(=O)NCC(=O)N[C@H](C(=O)N[C@@H](Cc1ccccc1)C(=O)N[C@@H](CC(C)C)C(=O)N[C@@H](CCCCN)C(=O)N[C@@H](CCC(=O)O)C(=O)N[C@@H](C)C(=O)NCC(=O)O)[C@@H](C)O. The summed E-state index contributed by atoms with van der Waals surface area (Å²) in [6.45, 7) is 4.75. The van der Waals surface area contributed by atoms with Crippen LogP contribution in [-0.2, 0) is 65.6 Å². The summed E-state index contributed by atoms with van der Waals surface area (Å²) in [6, 6.07) is 4.98. The van der Waals surface area contributed by atoms with E-state index < -0.39 is 145 Å². The third-order valence-corrected chi connectivity index (χ3v) is 13.1. The van der Waals surface area contributed by atoms with E-state index in [-0.39, 0.29) is 38.1 Å². The smallest absolute Gasteiger partial charge is 0.322 e. The Bertz CT molecular complexity index is 2580. The summed E-state index contributed by atoms with van der Waals surface area (Å²) in [7, 11) is 0. The minimum Gasteiger partial charge on any atom is -0.481 e. The van der Waals surface area contributed by atoms with Crippen LogP contribution in [0, 0.1) is 5.92 Å². The number of unbranched alkanes of at least 4 members (excludes halogenated alkanes) is 1. The zero-order chi connectivity index (χ0) is 59.5. The van der Waals surface area contributed by atoms with Gasteiger partial charge in [0.2, 0.25) is 53.2 Å². The molecule has 26 nitrogen and oxygen atoms in total. The van der Waals surface area contributed by atoms with Gasteiger partial charge in [0.1, 0.15) is 48.8 Å². The summed E-state index contributed by atoms with van der Waals surface area (Å²) in [5, 5.41) is 52.3. The molecule has 2 aromatic carbocycles. The standard InChI is InChI=1S/C53H78N12O14S/c1-29(2)23-39(51(77)60-37(17-11-12-21-54)50(76)61-38(18-19-43(68)69)49(75)59-30(3)46(72)58-28-44(70)71)63-52(78)40(24-32-13-7-6-8-14-32)64-53(79)45(31(4)66)65-42(67)27-57-48(74)41(62-47(73)35(55)20-22-80-5)25-33-26-56-36-16-10-9-15-34(33)36/h6-10,13-16,26,29-31,35,37-41,45,56,66H,11-12,17-25,27-28,54-55H2,1-5H3,(H,57,74)(H,58,72)(H,59,75)(H,60,77)(H,61,76)(H,62,73)(H,63,78)(H,64,79)(H,65,67)(H,68,69)(H,70,71)/t30-,31+,35-,37-,38-,39-,40-,41-,45-/m0/s1. The van der Waals surface area contributed by atoms with Crippen LogP contribution in [0.5, 0.6) is 0 Å². The van der Waals surface area contributed by atoms with Crippen molar-refractivity contribution < 1.29 is 68.1 Å². The molecule has 0 fully saturated rings. The number of carbonyl (C=O) groups excluding carboxylic acids is 9. The monoisotopic (exact) mass is 1140 g/mol. The van der Waals surface area contributed by atoms with Crippen molar-refractivity contribution in [1.82, 2.24) is 52.8 Å². The van der Waals surface area contributed by atoms with Crippen molar-refractivity contribution in [2.24, 2.45) is 17.4 Å². The minimum atomic E-state index is -1.69. The van der Waals surface area contributed by atoms with E-state index in [9.17, 15) is 63.0 Å². The molecule has 0 aliphatic carbocycles. The number of hydrogen-bond acceptors (Lipinski definition) is 15. The number of amides is 9. The molecule has 0 saturated carbocycles. The summed E-state index contributed by atoms with van der Waals surface area (Å²) in [5.74, 6) is -10.1. The lowest BCUT2D eigenvalue weighted by atomic mass is 9.99. The van der Waals surface area contributed by atoms with Gasteiger partial charge in [0.15, 0.2) is 0 Å². The molecule has 9 amide bonds. The first-order valence-electron chi connectivity index (χ1n) is 26.3. The van der Waals surface area contributed by atoms with Crippen LogP contribution in [0.15, 0.2) is 60.8 Å². The van der Waals surface area contributed by atoms with Gasteiger partial charge in [0.25, 0.3) is 0 Å². The van der Waals surface area contributed by atoms with Gasteiger partial charge < -0.3 is 79.6 Å². The van der Waals surface area contributed by atoms with E-state index in [0.717, 1.165) is 10.9 Å². The Morgan fingerprint density at radius 3 is 1.77 bits per heavy atom. The Kier molecular flexibility index (Phi) is 28.7. The number of nitrogens with two attached hydrogens (primary N) is 2. The van der Waals surface area contributed by atoms with Crippen LogP contribution >= 0.6 is 11.8 Å². The molecule has 1 aromatic heterocycles. The van der Waals surface area contributed by atoms with Gasteiger partial charge in [-0.05, 0) is 94.0 Å². The number of aromatic amines is 1.